The molecule has 0 aliphatic heterocycles. The Labute approximate surface area is 97.3 Å². The fourth-order valence-corrected chi connectivity index (χ4v) is 1.41. The van der Waals surface area contributed by atoms with Gasteiger partial charge in [0.25, 0.3) is 0 Å². The molecular weight excluding hydrogens is 202 g/mol. The molecule has 0 aliphatic rings. The van der Waals surface area contributed by atoms with Gasteiger partial charge in [-0.25, -0.2) is 9.97 Å². The van der Waals surface area contributed by atoms with Gasteiger partial charge in [-0.1, -0.05) is 0 Å². The monoisotopic (exact) mass is 223 g/mol. The van der Waals surface area contributed by atoms with Gasteiger partial charge in [-0.05, 0) is 33.1 Å². The standard InChI is InChI=1S/C11H21N5/c1-15(2)7-4-8-16(3)11-13-6-5-10(9-12)14-11/h5-6H,4,7-9,12H2,1-3H3. The summed E-state index contributed by atoms with van der Waals surface area (Å²) in [7, 11) is 6.16. The van der Waals surface area contributed by atoms with Crippen LogP contribution in [0.1, 0.15) is 12.1 Å². The first kappa shape index (κ1) is 12.9. The van der Waals surface area contributed by atoms with E-state index < -0.39 is 0 Å². The first-order valence-electron chi connectivity index (χ1n) is 5.51. The third-order valence-electron chi connectivity index (χ3n) is 2.35. The molecule has 5 nitrogen and oxygen atoms in total. The maximum Gasteiger partial charge on any atom is 0.225 e. The van der Waals surface area contributed by atoms with Crippen molar-refractivity contribution in [1.29, 1.82) is 0 Å². The van der Waals surface area contributed by atoms with Gasteiger partial charge < -0.3 is 15.5 Å². The third-order valence-corrected chi connectivity index (χ3v) is 2.35. The van der Waals surface area contributed by atoms with Gasteiger partial charge in [-0.3, -0.25) is 0 Å². The van der Waals surface area contributed by atoms with Crippen LogP contribution in [0.25, 0.3) is 0 Å². The number of anilines is 1. The van der Waals surface area contributed by atoms with Gasteiger partial charge in [0.15, 0.2) is 0 Å². The molecule has 0 fully saturated rings. The number of nitrogens with zero attached hydrogens (tertiary/aromatic N) is 4. The van der Waals surface area contributed by atoms with E-state index in [1.165, 1.54) is 0 Å². The molecule has 0 spiro atoms. The maximum absolute atomic E-state index is 5.54. The molecule has 1 rings (SSSR count). The summed E-state index contributed by atoms with van der Waals surface area (Å²) in [4.78, 5) is 12.8. The quantitative estimate of drug-likeness (QED) is 0.753. The second kappa shape index (κ2) is 6.40. The van der Waals surface area contributed by atoms with Crippen LogP contribution in [0.5, 0.6) is 0 Å². The minimum absolute atomic E-state index is 0.459. The molecule has 5 heteroatoms. The van der Waals surface area contributed by atoms with Gasteiger partial charge in [0.2, 0.25) is 5.95 Å². The molecule has 90 valence electrons. The molecule has 1 aromatic rings. The lowest BCUT2D eigenvalue weighted by molar-refractivity contribution is 0.401. The summed E-state index contributed by atoms with van der Waals surface area (Å²) >= 11 is 0. The molecule has 0 atom stereocenters. The second-order valence-corrected chi connectivity index (χ2v) is 4.13. The molecule has 1 aromatic heterocycles. The van der Waals surface area contributed by atoms with Crippen molar-refractivity contribution >= 4 is 5.95 Å². The lowest BCUT2D eigenvalue weighted by atomic mass is 10.4. The van der Waals surface area contributed by atoms with Crippen molar-refractivity contribution in [2.75, 3.05) is 39.1 Å². The van der Waals surface area contributed by atoms with Crippen LogP contribution in [0.4, 0.5) is 5.95 Å². The average molecular weight is 223 g/mol. The molecule has 0 unspecified atom stereocenters. The van der Waals surface area contributed by atoms with Crippen molar-refractivity contribution in [2.24, 2.45) is 5.73 Å². The van der Waals surface area contributed by atoms with E-state index in [-0.39, 0.29) is 0 Å². The van der Waals surface area contributed by atoms with Gasteiger partial charge in [0.1, 0.15) is 0 Å². The van der Waals surface area contributed by atoms with E-state index in [1.807, 2.05) is 13.1 Å². The summed E-state index contributed by atoms with van der Waals surface area (Å²) in [6.07, 6.45) is 2.85. The van der Waals surface area contributed by atoms with E-state index in [4.69, 9.17) is 5.73 Å². The number of nitrogens with two attached hydrogens (primary N) is 1. The van der Waals surface area contributed by atoms with E-state index in [9.17, 15) is 0 Å². The van der Waals surface area contributed by atoms with Crippen LogP contribution in [0.2, 0.25) is 0 Å². The van der Waals surface area contributed by atoms with E-state index in [2.05, 4.69) is 33.9 Å². The molecule has 0 saturated carbocycles. The Kier molecular flexibility index (Phi) is 5.14. The Hall–Kier alpha value is -1.20. The average Bonchev–Trinajstić information content (AvgIpc) is 2.28. The van der Waals surface area contributed by atoms with Gasteiger partial charge in [0, 0.05) is 26.3 Å². The normalized spacial score (nSPS) is 10.8. The zero-order valence-electron chi connectivity index (χ0n) is 10.3. The fourth-order valence-electron chi connectivity index (χ4n) is 1.41. The molecule has 16 heavy (non-hydrogen) atoms. The minimum atomic E-state index is 0.459. The Morgan fingerprint density at radius 3 is 2.62 bits per heavy atom. The summed E-state index contributed by atoms with van der Waals surface area (Å²) in [5.41, 5.74) is 6.42. The van der Waals surface area contributed by atoms with E-state index >= 15 is 0 Å². The van der Waals surface area contributed by atoms with Crippen molar-refractivity contribution < 1.29 is 0 Å². The van der Waals surface area contributed by atoms with Crippen LogP contribution < -0.4 is 10.6 Å². The van der Waals surface area contributed by atoms with E-state index in [0.717, 1.165) is 31.2 Å². The minimum Gasteiger partial charge on any atom is -0.344 e. The number of aromatic nitrogens is 2. The molecule has 0 aliphatic carbocycles. The third kappa shape index (κ3) is 4.12. The molecule has 0 radical (unpaired) electrons. The van der Waals surface area contributed by atoms with Crippen LogP contribution in [0, 0.1) is 0 Å². The van der Waals surface area contributed by atoms with Crippen LogP contribution in [-0.4, -0.2) is 49.1 Å². The zero-order valence-corrected chi connectivity index (χ0v) is 10.3. The molecule has 0 bridgehead atoms. The lowest BCUT2D eigenvalue weighted by Crippen LogP contribution is -2.25. The number of rotatable bonds is 6. The van der Waals surface area contributed by atoms with E-state index in [1.54, 1.807) is 6.20 Å². The van der Waals surface area contributed by atoms with Gasteiger partial charge >= 0.3 is 0 Å². The molecule has 2 N–H and O–H groups in total. The van der Waals surface area contributed by atoms with Crippen LogP contribution in [0.3, 0.4) is 0 Å². The van der Waals surface area contributed by atoms with Crippen LogP contribution >= 0.6 is 0 Å². The topological polar surface area (TPSA) is 58.3 Å². The maximum atomic E-state index is 5.54. The number of hydrogen-bond acceptors (Lipinski definition) is 5. The smallest absolute Gasteiger partial charge is 0.225 e. The molecule has 0 saturated heterocycles. The summed E-state index contributed by atoms with van der Waals surface area (Å²) in [5, 5.41) is 0. The molecule has 0 amide bonds. The van der Waals surface area contributed by atoms with Gasteiger partial charge in [-0.2, -0.15) is 0 Å². The number of hydrogen-bond donors (Lipinski definition) is 1. The van der Waals surface area contributed by atoms with Crippen molar-refractivity contribution in [3.8, 4) is 0 Å². The highest BCUT2D eigenvalue weighted by atomic mass is 15.2. The van der Waals surface area contributed by atoms with Crippen LogP contribution in [-0.2, 0) is 6.54 Å². The molecule has 0 aromatic carbocycles. The van der Waals surface area contributed by atoms with Crippen LogP contribution in [0.15, 0.2) is 12.3 Å². The lowest BCUT2D eigenvalue weighted by Gasteiger charge is -2.18. The summed E-state index contributed by atoms with van der Waals surface area (Å²) in [5.74, 6) is 0.752. The van der Waals surface area contributed by atoms with Gasteiger partial charge in [-0.15, -0.1) is 0 Å². The van der Waals surface area contributed by atoms with Gasteiger partial charge in [0.05, 0.1) is 5.69 Å². The Morgan fingerprint density at radius 2 is 2.00 bits per heavy atom. The Morgan fingerprint density at radius 1 is 1.25 bits per heavy atom. The zero-order chi connectivity index (χ0) is 12.0. The Balaban J connectivity index is 2.48. The largest absolute Gasteiger partial charge is 0.344 e. The summed E-state index contributed by atoms with van der Waals surface area (Å²) in [6, 6.07) is 1.84. The van der Waals surface area contributed by atoms with Crippen molar-refractivity contribution in [3.05, 3.63) is 18.0 Å². The second-order valence-electron chi connectivity index (χ2n) is 4.13. The highest BCUT2D eigenvalue weighted by Crippen LogP contribution is 2.05. The predicted molar refractivity (Wildman–Crippen MR) is 66.4 cm³/mol. The fraction of sp³-hybridized carbons (Fsp3) is 0.636. The summed E-state index contributed by atoms with van der Waals surface area (Å²) in [6.45, 7) is 2.48. The van der Waals surface area contributed by atoms with Crippen molar-refractivity contribution in [1.82, 2.24) is 14.9 Å². The molecular formula is C11H21N5. The van der Waals surface area contributed by atoms with E-state index in [0.29, 0.717) is 6.54 Å². The van der Waals surface area contributed by atoms with Crippen molar-refractivity contribution in [3.63, 3.8) is 0 Å². The molecule has 1 heterocycles. The predicted octanol–water partition coefficient (Wildman–Crippen LogP) is 0.323. The highest BCUT2D eigenvalue weighted by Gasteiger charge is 2.04. The SMILES string of the molecule is CN(C)CCCN(C)c1nccc(CN)n1. The summed E-state index contributed by atoms with van der Waals surface area (Å²) < 4.78 is 0. The van der Waals surface area contributed by atoms with Crippen molar-refractivity contribution in [2.45, 2.75) is 13.0 Å². The highest BCUT2D eigenvalue weighted by molar-refractivity contribution is 5.28. The first-order chi connectivity index (χ1) is 7.63. The Bertz CT molecular complexity index is 313. The first-order valence-corrected chi connectivity index (χ1v) is 5.51.